The summed E-state index contributed by atoms with van der Waals surface area (Å²) >= 11 is 1.50. The summed E-state index contributed by atoms with van der Waals surface area (Å²) in [6, 6.07) is 11.0. The summed E-state index contributed by atoms with van der Waals surface area (Å²) in [5, 5.41) is 9.02. The van der Waals surface area contributed by atoms with Crippen LogP contribution in [0, 0.1) is 24.2 Å². The summed E-state index contributed by atoms with van der Waals surface area (Å²) in [6.45, 7) is 3.60. The Balaban J connectivity index is 1.73. The molecule has 26 heavy (non-hydrogen) atoms. The van der Waals surface area contributed by atoms with Gasteiger partial charge in [0.25, 0.3) is 5.56 Å². The van der Waals surface area contributed by atoms with Crippen molar-refractivity contribution in [2.45, 2.75) is 32.6 Å². The van der Waals surface area contributed by atoms with E-state index in [1.54, 1.807) is 23.5 Å². The third-order valence-corrected chi connectivity index (χ3v) is 5.86. The van der Waals surface area contributed by atoms with E-state index < -0.39 is 0 Å². The Kier molecular flexibility index (Phi) is 3.97. The lowest BCUT2D eigenvalue weighted by molar-refractivity contribution is -0.118. The van der Waals surface area contributed by atoms with Gasteiger partial charge >= 0.3 is 0 Å². The molecule has 1 fully saturated rings. The first-order chi connectivity index (χ1) is 12.5. The quantitative estimate of drug-likeness (QED) is 0.713. The SMILES string of the molecule is CC(=O)C1CC1c1c(C)sc2nc(Cc3cccc(C#N)c3)cc(=O)n12. The highest BCUT2D eigenvalue weighted by Crippen LogP contribution is 2.49. The molecular weight excluding hydrogens is 346 g/mol. The van der Waals surface area contributed by atoms with Crippen LogP contribution in [0.3, 0.4) is 0 Å². The lowest BCUT2D eigenvalue weighted by atomic mass is 10.1. The molecule has 1 aliphatic rings. The van der Waals surface area contributed by atoms with Crippen LogP contribution in [0.15, 0.2) is 35.1 Å². The summed E-state index contributed by atoms with van der Waals surface area (Å²) in [4.78, 5) is 30.8. The normalized spacial score (nSPS) is 18.7. The average molecular weight is 363 g/mol. The predicted octanol–water partition coefficient (Wildman–Crippen LogP) is 3.22. The summed E-state index contributed by atoms with van der Waals surface area (Å²) in [7, 11) is 0. The molecule has 0 saturated heterocycles. The topological polar surface area (TPSA) is 75.2 Å². The number of fused-ring (bicyclic) bond motifs is 1. The zero-order valence-electron chi connectivity index (χ0n) is 14.5. The molecule has 2 unspecified atom stereocenters. The maximum atomic E-state index is 12.7. The van der Waals surface area contributed by atoms with Crippen LogP contribution in [0.2, 0.25) is 0 Å². The van der Waals surface area contributed by atoms with Gasteiger partial charge in [-0.05, 0) is 38.0 Å². The third kappa shape index (κ3) is 2.85. The van der Waals surface area contributed by atoms with Gasteiger partial charge in [-0.3, -0.25) is 14.0 Å². The van der Waals surface area contributed by atoms with Crippen molar-refractivity contribution in [1.29, 1.82) is 5.26 Å². The fraction of sp³-hybridized carbons (Fsp3) is 0.300. The number of aryl methyl sites for hydroxylation is 1. The average Bonchev–Trinajstić information content (AvgIpc) is 3.32. The van der Waals surface area contributed by atoms with E-state index in [0.29, 0.717) is 22.6 Å². The van der Waals surface area contributed by atoms with Crippen molar-refractivity contribution < 1.29 is 4.79 Å². The lowest BCUT2D eigenvalue weighted by Crippen LogP contribution is -2.17. The monoisotopic (exact) mass is 363 g/mol. The van der Waals surface area contributed by atoms with Gasteiger partial charge in [0.2, 0.25) is 0 Å². The van der Waals surface area contributed by atoms with Gasteiger partial charge in [0.1, 0.15) is 5.78 Å². The second-order valence-corrected chi connectivity index (χ2v) is 7.98. The number of hydrogen-bond donors (Lipinski definition) is 0. The molecule has 2 heterocycles. The second-order valence-electron chi connectivity index (χ2n) is 6.80. The molecule has 0 spiro atoms. The Morgan fingerprint density at radius 3 is 2.92 bits per heavy atom. The number of ketones is 1. The Bertz CT molecular complexity index is 1140. The minimum atomic E-state index is -0.102. The molecule has 5 nitrogen and oxygen atoms in total. The molecule has 0 bridgehead atoms. The minimum Gasteiger partial charge on any atom is -0.300 e. The number of rotatable bonds is 4. The second kappa shape index (κ2) is 6.19. The number of benzene rings is 1. The highest BCUT2D eigenvalue weighted by Gasteiger charge is 2.44. The molecule has 3 aromatic rings. The van der Waals surface area contributed by atoms with Gasteiger partial charge in [0, 0.05) is 34.9 Å². The molecule has 1 aliphatic carbocycles. The molecule has 4 rings (SSSR count). The molecule has 0 radical (unpaired) electrons. The number of carbonyl (C=O) groups is 1. The maximum absolute atomic E-state index is 12.7. The molecule has 130 valence electrons. The van der Waals surface area contributed by atoms with Gasteiger partial charge in [0.05, 0.1) is 17.3 Å². The fourth-order valence-corrected chi connectivity index (χ4v) is 4.63. The van der Waals surface area contributed by atoms with Gasteiger partial charge in [-0.1, -0.05) is 12.1 Å². The molecule has 0 amide bonds. The molecule has 2 aromatic heterocycles. The van der Waals surface area contributed by atoms with E-state index in [0.717, 1.165) is 22.6 Å². The maximum Gasteiger partial charge on any atom is 0.258 e. The van der Waals surface area contributed by atoms with Crippen molar-refractivity contribution in [1.82, 2.24) is 9.38 Å². The van der Waals surface area contributed by atoms with Crippen LogP contribution in [0.5, 0.6) is 0 Å². The summed E-state index contributed by atoms with van der Waals surface area (Å²) in [5.41, 5.74) is 3.08. The predicted molar refractivity (Wildman–Crippen MR) is 99.6 cm³/mol. The van der Waals surface area contributed by atoms with Gasteiger partial charge in [0.15, 0.2) is 4.96 Å². The molecule has 1 saturated carbocycles. The van der Waals surface area contributed by atoms with Gasteiger partial charge < -0.3 is 0 Å². The van der Waals surface area contributed by atoms with E-state index in [4.69, 9.17) is 5.26 Å². The third-order valence-electron chi connectivity index (χ3n) is 4.89. The van der Waals surface area contributed by atoms with E-state index in [-0.39, 0.29) is 23.2 Å². The number of nitriles is 1. The van der Waals surface area contributed by atoms with Crippen LogP contribution < -0.4 is 5.56 Å². The molecular formula is C20H17N3O2S. The van der Waals surface area contributed by atoms with Crippen LogP contribution in [0.4, 0.5) is 0 Å². The minimum absolute atomic E-state index is 0.0341. The number of Topliss-reactive ketones (excluding diaryl/α,β-unsaturated/α-hetero) is 1. The molecule has 1 aromatic carbocycles. The molecule has 6 heteroatoms. The van der Waals surface area contributed by atoms with E-state index in [1.165, 1.54) is 11.3 Å². The Morgan fingerprint density at radius 2 is 2.23 bits per heavy atom. The Hall–Kier alpha value is -2.78. The lowest BCUT2D eigenvalue weighted by Gasteiger charge is -2.04. The van der Waals surface area contributed by atoms with Crippen LogP contribution in [-0.4, -0.2) is 15.2 Å². The molecule has 0 N–H and O–H groups in total. The first-order valence-electron chi connectivity index (χ1n) is 8.49. The number of hydrogen-bond acceptors (Lipinski definition) is 5. The number of nitrogens with zero attached hydrogens (tertiary/aromatic N) is 3. The van der Waals surface area contributed by atoms with Gasteiger partial charge in [-0.25, -0.2) is 4.98 Å². The highest BCUT2D eigenvalue weighted by molar-refractivity contribution is 7.17. The summed E-state index contributed by atoms with van der Waals surface area (Å²) in [5.74, 6) is 0.356. The highest BCUT2D eigenvalue weighted by atomic mass is 32.1. The Labute approximate surface area is 154 Å². The smallest absolute Gasteiger partial charge is 0.258 e. The number of thiazole rings is 1. The van der Waals surface area contributed by atoms with Gasteiger partial charge in [-0.2, -0.15) is 5.26 Å². The fourth-order valence-electron chi connectivity index (χ4n) is 3.57. The number of carbonyl (C=O) groups excluding carboxylic acids is 1. The number of aromatic nitrogens is 2. The van der Waals surface area contributed by atoms with E-state index >= 15 is 0 Å². The van der Waals surface area contributed by atoms with Gasteiger partial charge in [-0.15, -0.1) is 11.3 Å². The zero-order chi connectivity index (χ0) is 18.4. The van der Waals surface area contributed by atoms with E-state index in [2.05, 4.69) is 11.1 Å². The summed E-state index contributed by atoms with van der Waals surface area (Å²) in [6.07, 6.45) is 1.32. The largest absolute Gasteiger partial charge is 0.300 e. The van der Waals surface area contributed by atoms with Crippen molar-refractivity contribution >= 4 is 22.1 Å². The van der Waals surface area contributed by atoms with Crippen LogP contribution in [0.25, 0.3) is 4.96 Å². The first-order valence-corrected chi connectivity index (χ1v) is 9.31. The van der Waals surface area contributed by atoms with Crippen molar-refractivity contribution in [2.24, 2.45) is 5.92 Å². The molecule has 0 aliphatic heterocycles. The Morgan fingerprint density at radius 1 is 1.42 bits per heavy atom. The van der Waals surface area contributed by atoms with Crippen LogP contribution in [0.1, 0.15) is 46.7 Å². The van der Waals surface area contributed by atoms with Crippen molar-refractivity contribution in [3.05, 3.63) is 68.1 Å². The van der Waals surface area contributed by atoms with Crippen molar-refractivity contribution in [3.8, 4) is 6.07 Å². The first kappa shape index (κ1) is 16.7. The standard InChI is InChI=1S/C20H17N3O2S/c1-11(24)16-9-17(16)19-12(2)26-20-22-15(8-18(25)23(19)20)7-13-4-3-5-14(6-13)10-21/h3-6,8,16-17H,7,9H2,1-2H3. The summed E-state index contributed by atoms with van der Waals surface area (Å²) < 4.78 is 1.67. The zero-order valence-corrected chi connectivity index (χ0v) is 15.3. The van der Waals surface area contributed by atoms with Crippen LogP contribution in [-0.2, 0) is 11.2 Å². The molecule has 2 atom stereocenters. The van der Waals surface area contributed by atoms with Crippen molar-refractivity contribution in [3.63, 3.8) is 0 Å². The van der Waals surface area contributed by atoms with E-state index in [9.17, 15) is 9.59 Å². The van der Waals surface area contributed by atoms with Crippen LogP contribution >= 0.6 is 11.3 Å². The van der Waals surface area contributed by atoms with E-state index in [1.807, 2.05) is 25.1 Å². The van der Waals surface area contributed by atoms with Crippen molar-refractivity contribution in [2.75, 3.05) is 0 Å².